The number of aliphatic hydroxyl groups excluding tert-OH is 13. The molecule has 0 aromatic heterocycles. The molecule has 470 valence electrons. The molecule has 14 N–H and O–H groups in total. The van der Waals surface area contributed by atoms with E-state index in [0.29, 0.717) is 57.8 Å². The first kappa shape index (κ1) is 63.1. The van der Waals surface area contributed by atoms with E-state index >= 15 is 0 Å². The van der Waals surface area contributed by atoms with Crippen molar-refractivity contribution in [1.29, 1.82) is 0 Å². The Morgan fingerprint density at radius 2 is 1.10 bits per heavy atom. The largest absolute Gasteiger partial charge is 0.479 e. The Bertz CT molecular complexity index is 2330. The summed E-state index contributed by atoms with van der Waals surface area (Å²) in [5.41, 5.74) is -4.74. The Morgan fingerprint density at radius 1 is 0.537 bits per heavy atom. The highest BCUT2D eigenvalue weighted by atomic mass is 16.8. The second-order valence-electron chi connectivity index (χ2n) is 27.9. The first-order valence-corrected chi connectivity index (χ1v) is 29.2. The van der Waals surface area contributed by atoms with Crippen LogP contribution in [0.2, 0.25) is 0 Å². The van der Waals surface area contributed by atoms with Crippen LogP contribution < -0.4 is 0 Å². The van der Waals surface area contributed by atoms with Gasteiger partial charge in [0.15, 0.2) is 37.6 Å². The number of carbonyl (C=O) groups excluding carboxylic acids is 1. The summed E-state index contributed by atoms with van der Waals surface area (Å²) < 4.78 is 62.2. The number of esters is 1. The Balaban J connectivity index is 0.972. The van der Waals surface area contributed by atoms with Gasteiger partial charge >= 0.3 is 11.9 Å². The molecule has 10 rings (SSSR count). The van der Waals surface area contributed by atoms with Crippen LogP contribution in [0.15, 0.2) is 0 Å². The minimum atomic E-state index is -2.27. The molecule has 5 aliphatic heterocycles. The average molecular weight is 1180 g/mol. The van der Waals surface area contributed by atoms with Crippen molar-refractivity contribution in [1.82, 2.24) is 0 Å². The Morgan fingerprint density at radius 3 is 1.72 bits per heavy atom. The van der Waals surface area contributed by atoms with Gasteiger partial charge in [0.25, 0.3) is 0 Å². The van der Waals surface area contributed by atoms with Gasteiger partial charge in [0.1, 0.15) is 91.6 Å². The van der Waals surface area contributed by atoms with Crippen molar-refractivity contribution in [2.75, 3.05) is 13.2 Å². The SMILES string of the molecule is CC(=O)O[C@H]1CC(C)(C)CC2[C@]13C(O)O[C@@]21CCC2[C@@]4(C)CC[C@H](O[C@@H]5O[C@H](C(=O)O)[C@@H](O)[C@H](O[C@@H]6O[C@H](CO)[C@H](O)[C@H](O)[C@H]6O[C@@H]6O[C@@H](C)[C@H](O)[C@@H](O)[C@H]6O)[C@H]5O[C@@H]5O[C@H](CO)[C@@H](O)[C@H](O)[C@H]5O)C(C)(C)C4CC[C@@]2(C)[C@]1(C)C[C@H]3O. The standard InChI is InChI=1S/C56H90O26/c1-21-31(61)34(64)37(67)45(73-21)80-42-36(66)33(63)24(20-58)76-47(42)78-40-39(69)41(44(70)71)79-48(43(40)81-46-38(68)35(65)32(62)23(19-57)75-46)77-29-12-13-52(7)25(51(29,5)6)10-14-53(8)26(52)11-15-55-27-16-50(3,4)18-30(74-22(2)59)56(27,49(72)82-55)28(60)17-54(53,55)9/h21,23-43,45-49,57-58,60-69,72H,10-20H2,1-9H3,(H,70,71)/t21-,23+,24+,25?,26?,27?,28+,29-,30-,31-,32+,33-,34+,35-,36-,37+,38+,39-,40-,41-,42+,43+,45-,46-,47-,48+,49?,52-,53+,54-,55-,56+/m0/s1. The number of aliphatic hydroxyl groups is 13. The van der Waals surface area contributed by atoms with E-state index in [-0.39, 0.29) is 23.2 Å². The lowest BCUT2D eigenvalue weighted by molar-refractivity contribution is -0.406. The van der Waals surface area contributed by atoms with Crippen LogP contribution in [0.3, 0.4) is 0 Å². The Kier molecular flexibility index (Phi) is 16.9. The molecule has 0 aromatic carbocycles. The van der Waals surface area contributed by atoms with E-state index in [1.54, 1.807) is 0 Å². The molecular weight excluding hydrogens is 1090 g/mol. The van der Waals surface area contributed by atoms with Crippen LogP contribution in [-0.4, -0.2) is 250 Å². The molecular formula is C56H90O26. The van der Waals surface area contributed by atoms with Crippen LogP contribution >= 0.6 is 0 Å². The molecule has 0 aromatic rings. The van der Waals surface area contributed by atoms with Crippen LogP contribution in [0.5, 0.6) is 0 Å². The third-order valence-corrected chi connectivity index (χ3v) is 22.9. The zero-order valence-corrected chi connectivity index (χ0v) is 48.0. The summed E-state index contributed by atoms with van der Waals surface area (Å²) in [7, 11) is 0. The predicted molar refractivity (Wildman–Crippen MR) is 273 cm³/mol. The number of fused-ring (bicyclic) bond motifs is 4. The second-order valence-corrected chi connectivity index (χ2v) is 27.9. The Labute approximate surface area is 475 Å². The molecule has 82 heavy (non-hydrogen) atoms. The summed E-state index contributed by atoms with van der Waals surface area (Å²) in [4.78, 5) is 25.9. The van der Waals surface area contributed by atoms with Crippen LogP contribution in [0.25, 0.3) is 0 Å². The molecule has 5 saturated carbocycles. The highest BCUT2D eigenvalue weighted by Crippen LogP contribution is 2.81. The fourth-order valence-corrected chi connectivity index (χ4v) is 18.5. The lowest BCUT2D eigenvalue weighted by Gasteiger charge is -2.75. The highest BCUT2D eigenvalue weighted by molar-refractivity contribution is 5.73. The topological polar surface area (TPSA) is 410 Å². The number of carbonyl (C=O) groups is 2. The van der Waals surface area contributed by atoms with E-state index in [1.165, 1.54) is 13.8 Å². The summed E-state index contributed by atoms with van der Waals surface area (Å²) >= 11 is 0. The zero-order chi connectivity index (χ0) is 60.1. The summed E-state index contributed by atoms with van der Waals surface area (Å²) in [6.45, 7) is 16.0. The molecule has 0 amide bonds. The number of carboxylic acids is 1. The number of hydrogen-bond acceptors (Lipinski definition) is 25. The summed E-state index contributed by atoms with van der Waals surface area (Å²) in [6, 6.07) is 0. The van der Waals surface area contributed by atoms with Gasteiger partial charge in [-0.2, -0.15) is 0 Å². The summed E-state index contributed by atoms with van der Waals surface area (Å²) in [5, 5.41) is 156. The third-order valence-electron chi connectivity index (χ3n) is 22.9. The quantitative estimate of drug-likeness (QED) is 0.0717. The number of carboxylic acid groups (broad SMARTS) is 1. The van der Waals surface area contributed by atoms with Crippen LogP contribution in [-0.2, 0) is 57.0 Å². The normalized spacial score (nSPS) is 56.0. The van der Waals surface area contributed by atoms with Crippen molar-refractivity contribution in [2.24, 2.45) is 50.2 Å². The summed E-state index contributed by atoms with van der Waals surface area (Å²) in [6.07, 6.45) is -36.9. The maximum absolute atomic E-state index is 13.2. The molecule has 5 saturated heterocycles. The minimum Gasteiger partial charge on any atom is -0.479 e. The van der Waals surface area contributed by atoms with E-state index < -0.39 is 205 Å². The average Bonchev–Trinajstić information content (AvgIpc) is 1.63. The maximum atomic E-state index is 13.2. The van der Waals surface area contributed by atoms with Crippen molar-refractivity contribution in [3.05, 3.63) is 0 Å². The third kappa shape index (κ3) is 9.40. The molecule has 5 heterocycles. The van der Waals surface area contributed by atoms with Gasteiger partial charge in [0.05, 0.1) is 42.5 Å². The lowest BCUT2D eigenvalue weighted by atomic mass is 9.30. The predicted octanol–water partition coefficient (Wildman–Crippen LogP) is -2.37. The number of aliphatic carboxylic acids is 1. The molecule has 10 aliphatic rings. The molecule has 10 fully saturated rings. The van der Waals surface area contributed by atoms with Gasteiger partial charge in [0.2, 0.25) is 0 Å². The molecule has 1 spiro atoms. The second kappa shape index (κ2) is 22.0. The maximum Gasteiger partial charge on any atom is 0.335 e. The van der Waals surface area contributed by atoms with E-state index in [2.05, 4.69) is 34.6 Å². The van der Waals surface area contributed by atoms with Gasteiger partial charge in [-0.05, 0) is 98.2 Å². The molecule has 32 atom stereocenters. The van der Waals surface area contributed by atoms with E-state index in [4.69, 9.17) is 47.4 Å². The van der Waals surface area contributed by atoms with Crippen molar-refractivity contribution in [3.8, 4) is 0 Å². The van der Waals surface area contributed by atoms with Gasteiger partial charge < -0.3 is 119 Å². The number of ether oxygens (including phenoxy) is 10. The minimum absolute atomic E-state index is 0.0352. The van der Waals surface area contributed by atoms with Gasteiger partial charge in [-0.25, -0.2) is 4.79 Å². The van der Waals surface area contributed by atoms with Crippen LogP contribution in [0.4, 0.5) is 0 Å². The smallest absolute Gasteiger partial charge is 0.335 e. The van der Waals surface area contributed by atoms with Gasteiger partial charge in [-0.1, -0.05) is 48.5 Å². The fraction of sp³-hybridized carbons (Fsp3) is 0.964. The van der Waals surface area contributed by atoms with Crippen molar-refractivity contribution < 1.29 is 128 Å². The van der Waals surface area contributed by atoms with Gasteiger partial charge in [-0.15, -0.1) is 0 Å². The van der Waals surface area contributed by atoms with E-state index in [9.17, 15) is 81.1 Å². The van der Waals surface area contributed by atoms with Crippen molar-refractivity contribution >= 4 is 11.9 Å². The molecule has 26 nitrogen and oxygen atoms in total. The number of hydrogen-bond donors (Lipinski definition) is 14. The van der Waals surface area contributed by atoms with Crippen molar-refractivity contribution in [3.63, 3.8) is 0 Å². The Hall–Kier alpha value is -1.94. The van der Waals surface area contributed by atoms with E-state index in [1.807, 2.05) is 13.8 Å². The highest BCUT2D eigenvalue weighted by Gasteiger charge is 2.84. The lowest BCUT2D eigenvalue weighted by Crippen LogP contribution is -2.75. The monoisotopic (exact) mass is 1180 g/mol. The number of rotatable bonds is 12. The molecule has 5 aliphatic carbocycles. The van der Waals surface area contributed by atoms with Gasteiger partial charge in [0, 0.05) is 18.3 Å². The molecule has 0 radical (unpaired) electrons. The molecule has 4 unspecified atom stereocenters. The zero-order valence-electron chi connectivity index (χ0n) is 48.0. The van der Waals surface area contributed by atoms with Gasteiger partial charge in [-0.3, -0.25) is 4.79 Å². The van der Waals surface area contributed by atoms with Crippen molar-refractivity contribution in [2.45, 2.75) is 273 Å². The van der Waals surface area contributed by atoms with Crippen LogP contribution in [0, 0.1) is 50.2 Å². The summed E-state index contributed by atoms with van der Waals surface area (Å²) in [5.74, 6) is -2.60. The van der Waals surface area contributed by atoms with Crippen LogP contribution in [0.1, 0.15) is 120 Å². The molecule has 26 heteroatoms. The van der Waals surface area contributed by atoms with E-state index in [0.717, 1.165) is 0 Å². The molecule has 2 bridgehead atoms. The first-order valence-electron chi connectivity index (χ1n) is 29.2. The fourth-order valence-electron chi connectivity index (χ4n) is 18.5. The first-order chi connectivity index (χ1) is 38.2.